The lowest BCUT2D eigenvalue weighted by Crippen LogP contribution is -2.25. The molecule has 0 saturated heterocycles. The Morgan fingerprint density at radius 3 is 3.00 bits per heavy atom. The molecular formula is C11H13N5O. The van der Waals surface area contributed by atoms with E-state index in [0.29, 0.717) is 11.3 Å². The maximum Gasteiger partial charge on any atom is 0.275 e. The van der Waals surface area contributed by atoms with Crippen LogP contribution in [0.5, 0.6) is 0 Å². The Labute approximate surface area is 97.2 Å². The molecule has 88 valence electrons. The molecule has 0 unspecified atom stereocenters. The number of nitrogens with two attached hydrogens (primary N) is 2. The van der Waals surface area contributed by atoms with Crippen LogP contribution in [0.2, 0.25) is 0 Å². The first kappa shape index (κ1) is 9.95. The first-order valence-electron chi connectivity index (χ1n) is 5.51. The van der Waals surface area contributed by atoms with Crippen LogP contribution in [0.15, 0.2) is 28.1 Å². The molecule has 0 saturated carbocycles. The molecule has 17 heavy (non-hydrogen) atoms. The van der Waals surface area contributed by atoms with E-state index < -0.39 is 0 Å². The number of nitrogens with zero attached hydrogens (tertiary/aromatic N) is 3. The SMILES string of the molecule is NC(N)=Nc1c2n(c(=O)c3cccn13)CCC2. The third-order valence-corrected chi connectivity index (χ3v) is 3.06. The fraction of sp³-hybridized carbons (Fsp3) is 0.273. The van der Waals surface area contributed by atoms with Crippen molar-refractivity contribution in [2.75, 3.05) is 0 Å². The van der Waals surface area contributed by atoms with Crippen molar-refractivity contribution in [2.45, 2.75) is 19.4 Å². The van der Waals surface area contributed by atoms with Gasteiger partial charge in [-0.3, -0.25) is 9.20 Å². The summed E-state index contributed by atoms with van der Waals surface area (Å²) >= 11 is 0. The zero-order chi connectivity index (χ0) is 12.0. The summed E-state index contributed by atoms with van der Waals surface area (Å²) in [6.07, 6.45) is 3.59. The van der Waals surface area contributed by atoms with Crippen molar-refractivity contribution in [1.82, 2.24) is 8.97 Å². The Morgan fingerprint density at radius 2 is 2.24 bits per heavy atom. The standard InChI is InChI=1S/C11H13N5O/c12-11(13)14-9-7-3-1-6-16(7)10(17)8-4-2-5-15(8)9/h2,4-5H,1,3,6H2,(H4,12,13,14). The highest BCUT2D eigenvalue weighted by molar-refractivity contribution is 5.79. The van der Waals surface area contributed by atoms with Gasteiger partial charge in [0, 0.05) is 12.7 Å². The van der Waals surface area contributed by atoms with Crippen molar-refractivity contribution < 1.29 is 0 Å². The first-order chi connectivity index (χ1) is 8.18. The van der Waals surface area contributed by atoms with E-state index >= 15 is 0 Å². The highest BCUT2D eigenvalue weighted by Crippen LogP contribution is 2.25. The average molecular weight is 231 g/mol. The minimum atomic E-state index is 0.00773. The largest absolute Gasteiger partial charge is 0.370 e. The summed E-state index contributed by atoms with van der Waals surface area (Å²) in [4.78, 5) is 16.3. The molecule has 0 fully saturated rings. The van der Waals surface area contributed by atoms with E-state index in [1.807, 2.05) is 6.07 Å². The summed E-state index contributed by atoms with van der Waals surface area (Å²) in [5, 5.41) is 0. The van der Waals surface area contributed by atoms with Crippen molar-refractivity contribution in [3.05, 3.63) is 34.4 Å². The molecule has 1 aliphatic heterocycles. The van der Waals surface area contributed by atoms with Gasteiger partial charge in [0.2, 0.25) is 0 Å². The van der Waals surface area contributed by atoms with Crippen molar-refractivity contribution >= 4 is 17.3 Å². The Bertz CT molecular complexity index is 675. The lowest BCUT2D eigenvalue weighted by Gasteiger charge is -2.09. The number of fused-ring (bicyclic) bond motifs is 2. The second kappa shape index (κ2) is 3.38. The minimum absolute atomic E-state index is 0.00773. The van der Waals surface area contributed by atoms with Crippen LogP contribution < -0.4 is 17.0 Å². The maximum absolute atomic E-state index is 12.2. The molecule has 4 N–H and O–H groups in total. The van der Waals surface area contributed by atoms with Crippen molar-refractivity contribution in [3.8, 4) is 0 Å². The number of hydrogen-bond donors (Lipinski definition) is 2. The maximum atomic E-state index is 12.2. The van der Waals surface area contributed by atoms with Crippen LogP contribution >= 0.6 is 0 Å². The Kier molecular flexibility index (Phi) is 1.98. The van der Waals surface area contributed by atoms with Crippen molar-refractivity contribution in [1.29, 1.82) is 0 Å². The van der Waals surface area contributed by atoms with E-state index in [-0.39, 0.29) is 11.5 Å². The zero-order valence-corrected chi connectivity index (χ0v) is 9.26. The summed E-state index contributed by atoms with van der Waals surface area (Å²) in [6, 6.07) is 3.60. The Morgan fingerprint density at radius 1 is 1.41 bits per heavy atom. The predicted molar refractivity (Wildman–Crippen MR) is 65.4 cm³/mol. The molecule has 2 aromatic rings. The van der Waals surface area contributed by atoms with Crippen LogP contribution in [0.25, 0.3) is 5.52 Å². The van der Waals surface area contributed by atoms with E-state index in [1.54, 1.807) is 21.2 Å². The molecule has 0 bridgehead atoms. The molecule has 3 heterocycles. The van der Waals surface area contributed by atoms with Crippen molar-refractivity contribution in [3.63, 3.8) is 0 Å². The monoisotopic (exact) mass is 231 g/mol. The predicted octanol–water partition coefficient (Wildman–Crippen LogP) is -0.0479. The normalized spacial score (nSPS) is 13.9. The Balaban J connectivity index is 2.47. The number of rotatable bonds is 1. The zero-order valence-electron chi connectivity index (χ0n) is 9.26. The summed E-state index contributed by atoms with van der Waals surface area (Å²) in [6.45, 7) is 0.739. The Hall–Kier alpha value is -2.24. The van der Waals surface area contributed by atoms with Gasteiger partial charge in [-0.1, -0.05) is 0 Å². The second-order valence-electron chi connectivity index (χ2n) is 4.13. The number of hydrogen-bond acceptors (Lipinski definition) is 2. The van der Waals surface area contributed by atoms with Gasteiger partial charge in [-0.2, -0.15) is 4.99 Å². The molecule has 0 aliphatic carbocycles. The number of aliphatic imine (C=N–C) groups is 1. The van der Waals surface area contributed by atoms with Crippen LogP contribution in [0.4, 0.5) is 5.82 Å². The molecule has 6 heteroatoms. The van der Waals surface area contributed by atoms with Gasteiger partial charge in [0.25, 0.3) is 5.56 Å². The first-order valence-corrected chi connectivity index (χ1v) is 5.51. The summed E-state index contributed by atoms with van der Waals surface area (Å²) in [7, 11) is 0. The fourth-order valence-electron chi connectivity index (χ4n) is 2.39. The van der Waals surface area contributed by atoms with Crippen LogP contribution in [0, 0.1) is 0 Å². The highest BCUT2D eigenvalue weighted by Gasteiger charge is 2.20. The third kappa shape index (κ3) is 1.33. The molecule has 0 aromatic carbocycles. The fourth-order valence-corrected chi connectivity index (χ4v) is 2.39. The van der Waals surface area contributed by atoms with Gasteiger partial charge < -0.3 is 16.0 Å². The van der Waals surface area contributed by atoms with Crippen LogP contribution in [0.1, 0.15) is 12.1 Å². The van der Waals surface area contributed by atoms with Crippen LogP contribution in [-0.4, -0.2) is 14.9 Å². The lowest BCUT2D eigenvalue weighted by atomic mass is 10.3. The summed E-state index contributed by atoms with van der Waals surface area (Å²) in [5.74, 6) is 0.676. The molecule has 0 amide bonds. The van der Waals surface area contributed by atoms with E-state index in [2.05, 4.69) is 4.99 Å². The molecule has 3 rings (SSSR count). The molecule has 6 nitrogen and oxygen atoms in total. The van der Waals surface area contributed by atoms with Gasteiger partial charge in [0.05, 0.1) is 5.69 Å². The third-order valence-electron chi connectivity index (χ3n) is 3.06. The quantitative estimate of drug-likeness (QED) is 0.532. The summed E-state index contributed by atoms with van der Waals surface area (Å²) in [5.41, 5.74) is 12.4. The van der Waals surface area contributed by atoms with Gasteiger partial charge in [0.15, 0.2) is 11.8 Å². The van der Waals surface area contributed by atoms with Gasteiger partial charge in [-0.25, -0.2) is 0 Å². The van der Waals surface area contributed by atoms with Gasteiger partial charge in [-0.05, 0) is 25.0 Å². The van der Waals surface area contributed by atoms with E-state index in [9.17, 15) is 4.79 Å². The van der Waals surface area contributed by atoms with Gasteiger partial charge in [-0.15, -0.1) is 0 Å². The van der Waals surface area contributed by atoms with Crippen LogP contribution in [0.3, 0.4) is 0 Å². The molecule has 0 spiro atoms. The van der Waals surface area contributed by atoms with E-state index in [1.165, 1.54) is 0 Å². The topological polar surface area (TPSA) is 90.8 Å². The second-order valence-corrected chi connectivity index (χ2v) is 4.13. The molecule has 2 aromatic heterocycles. The van der Waals surface area contributed by atoms with Gasteiger partial charge >= 0.3 is 0 Å². The average Bonchev–Trinajstić information content (AvgIpc) is 2.92. The summed E-state index contributed by atoms with van der Waals surface area (Å²) < 4.78 is 3.51. The van der Waals surface area contributed by atoms with E-state index in [4.69, 9.17) is 11.5 Å². The lowest BCUT2D eigenvalue weighted by molar-refractivity contribution is 0.720. The molecule has 0 atom stereocenters. The minimum Gasteiger partial charge on any atom is -0.370 e. The van der Waals surface area contributed by atoms with Gasteiger partial charge in [0.1, 0.15) is 5.52 Å². The number of aromatic nitrogens is 2. The highest BCUT2D eigenvalue weighted by atomic mass is 16.1. The smallest absolute Gasteiger partial charge is 0.275 e. The molecule has 1 aliphatic rings. The number of guanidine groups is 1. The molecular weight excluding hydrogens is 218 g/mol. The molecule has 0 radical (unpaired) electrons. The van der Waals surface area contributed by atoms with E-state index in [0.717, 1.165) is 25.1 Å². The van der Waals surface area contributed by atoms with Crippen LogP contribution in [-0.2, 0) is 13.0 Å². The van der Waals surface area contributed by atoms with Crippen molar-refractivity contribution in [2.24, 2.45) is 16.5 Å².